The normalized spacial score (nSPS) is 13.7. The summed E-state index contributed by atoms with van der Waals surface area (Å²) in [4.78, 5) is 12.8. The number of hydrogen-bond donors (Lipinski definition) is 1. The Hall–Kier alpha value is -0.770. The van der Waals surface area contributed by atoms with Crippen LogP contribution in [0.3, 0.4) is 0 Å². The second-order valence-electron chi connectivity index (χ2n) is 3.98. The first kappa shape index (κ1) is 12.2. The van der Waals surface area contributed by atoms with Crippen LogP contribution in [0.2, 0.25) is 0 Å². The number of aliphatic hydroxyl groups excluding tert-OH is 1. The molecule has 1 N–H and O–H groups in total. The Bertz CT molecular complexity index is 174. The van der Waals surface area contributed by atoms with Crippen LogP contribution in [0.25, 0.3) is 0 Å². The minimum Gasteiger partial charge on any atom is -0.420 e. The van der Waals surface area contributed by atoms with E-state index in [9.17, 15) is 4.79 Å². The van der Waals surface area contributed by atoms with Crippen molar-refractivity contribution >= 4 is 6.09 Å². The Morgan fingerprint density at radius 1 is 1.54 bits per heavy atom. The van der Waals surface area contributed by atoms with Gasteiger partial charge in [-0.2, -0.15) is 0 Å². The van der Waals surface area contributed by atoms with Gasteiger partial charge in [-0.05, 0) is 20.8 Å². The van der Waals surface area contributed by atoms with Gasteiger partial charge in [0.1, 0.15) is 0 Å². The van der Waals surface area contributed by atoms with Gasteiger partial charge in [0.2, 0.25) is 6.29 Å². The molecule has 4 heteroatoms. The molecule has 0 aliphatic carbocycles. The first-order valence-corrected chi connectivity index (χ1v) is 4.41. The van der Waals surface area contributed by atoms with E-state index in [1.165, 1.54) is 4.90 Å². The third-order valence-electron chi connectivity index (χ3n) is 1.87. The van der Waals surface area contributed by atoms with Crippen LogP contribution in [0.1, 0.15) is 34.1 Å². The maximum absolute atomic E-state index is 11.3. The molecule has 1 amide bonds. The van der Waals surface area contributed by atoms with Crippen molar-refractivity contribution in [1.29, 1.82) is 0 Å². The number of aliphatic hydroxyl groups is 1. The lowest BCUT2D eigenvalue weighted by Crippen LogP contribution is -2.43. The Labute approximate surface area is 79.5 Å². The Kier molecular flexibility index (Phi) is 4.20. The van der Waals surface area contributed by atoms with Crippen molar-refractivity contribution in [3.8, 4) is 0 Å². The average molecular weight is 189 g/mol. The fourth-order valence-corrected chi connectivity index (χ4v) is 0.553. The molecule has 13 heavy (non-hydrogen) atoms. The summed E-state index contributed by atoms with van der Waals surface area (Å²) >= 11 is 0. The highest BCUT2D eigenvalue weighted by molar-refractivity contribution is 5.68. The number of carbonyl (C=O) groups excluding carboxylic acids is 1. The van der Waals surface area contributed by atoms with Crippen LogP contribution in [0, 0.1) is 0 Å². The number of carbonyl (C=O) groups is 1. The van der Waals surface area contributed by atoms with Gasteiger partial charge in [0.25, 0.3) is 0 Å². The van der Waals surface area contributed by atoms with E-state index in [1.807, 2.05) is 20.8 Å². The predicted molar refractivity (Wildman–Crippen MR) is 50.3 cm³/mol. The first-order valence-electron chi connectivity index (χ1n) is 4.41. The second kappa shape index (κ2) is 4.46. The highest BCUT2D eigenvalue weighted by Gasteiger charge is 2.24. The highest BCUT2D eigenvalue weighted by Crippen LogP contribution is 2.12. The molecule has 0 bridgehead atoms. The summed E-state index contributed by atoms with van der Waals surface area (Å²) < 4.78 is 4.73. The van der Waals surface area contributed by atoms with E-state index in [-0.39, 0.29) is 5.54 Å². The fraction of sp³-hybridized carbons (Fsp3) is 0.889. The summed E-state index contributed by atoms with van der Waals surface area (Å²) in [6, 6.07) is 0. The molecule has 0 aliphatic rings. The zero-order valence-electron chi connectivity index (χ0n) is 9.00. The lowest BCUT2D eigenvalue weighted by Gasteiger charge is -2.31. The largest absolute Gasteiger partial charge is 0.420 e. The SMILES string of the molecule is CCC(O)OC(=O)N(C)C(C)(C)C. The number of amides is 1. The third kappa shape index (κ3) is 4.12. The molecule has 0 aromatic heterocycles. The molecular formula is C9H19NO3. The van der Waals surface area contributed by atoms with Gasteiger partial charge in [-0.15, -0.1) is 0 Å². The van der Waals surface area contributed by atoms with E-state index in [4.69, 9.17) is 9.84 Å². The molecule has 0 aromatic carbocycles. The van der Waals surface area contributed by atoms with E-state index >= 15 is 0 Å². The van der Waals surface area contributed by atoms with Crippen molar-refractivity contribution in [2.75, 3.05) is 7.05 Å². The third-order valence-corrected chi connectivity index (χ3v) is 1.87. The average Bonchev–Trinajstić information content (AvgIpc) is 2.01. The van der Waals surface area contributed by atoms with Crippen LogP contribution in [-0.4, -0.2) is 35.0 Å². The number of hydrogen-bond acceptors (Lipinski definition) is 3. The van der Waals surface area contributed by atoms with Crippen molar-refractivity contribution in [2.45, 2.75) is 45.9 Å². The Balaban J connectivity index is 4.12. The predicted octanol–water partition coefficient (Wildman–Crippen LogP) is 1.58. The lowest BCUT2D eigenvalue weighted by molar-refractivity contribution is -0.0694. The van der Waals surface area contributed by atoms with Crippen molar-refractivity contribution in [3.05, 3.63) is 0 Å². The molecule has 0 fully saturated rings. The molecule has 4 nitrogen and oxygen atoms in total. The summed E-state index contributed by atoms with van der Waals surface area (Å²) in [6.07, 6.45) is -1.09. The molecule has 78 valence electrons. The van der Waals surface area contributed by atoms with Gasteiger partial charge < -0.3 is 14.7 Å². The van der Waals surface area contributed by atoms with E-state index in [0.29, 0.717) is 6.42 Å². The van der Waals surface area contributed by atoms with Gasteiger partial charge in [0, 0.05) is 19.0 Å². The molecule has 1 atom stereocenters. The van der Waals surface area contributed by atoms with Crippen molar-refractivity contribution in [3.63, 3.8) is 0 Å². The summed E-state index contributed by atoms with van der Waals surface area (Å²) in [7, 11) is 1.64. The minimum atomic E-state index is -1.00. The van der Waals surface area contributed by atoms with Gasteiger partial charge in [-0.25, -0.2) is 4.79 Å². The maximum Gasteiger partial charge on any atom is 0.412 e. The molecule has 0 saturated carbocycles. The topological polar surface area (TPSA) is 49.8 Å². The van der Waals surface area contributed by atoms with Gasteiger partial charge in [0.15, 0.2) is 0 Å². The van der Waals surface area contributed by atoms with Crippen LogP contribution in [0.4, 0.5) is 4.79 Å². The number of ether oxygens (including phenoxy) is 1. The quantitative estimate of drug-likeness (QED) is 0.671. The lowest BCUT2D eigenvalue weighted by atomic mass is 10.1. The summed E-state index contributed by atoms with van der Waals surface area (Å²) in [5.41, 5.74) is -0.287. The second-order valence-corrected chi connectivity index (χ2v) is 3.98. The zero-order chi connectivity index (χ0) is 10.6. The Morgan fingerprint density at radius 3 is 2.31 bits per heavy atom. The summed E-state index contributed by atoms with van der Waals surface area (Å²) in [6.45, 7) is 7.43. The molecule has 1 unspecified atom stereocenters. The minimum absolute atomic E-state index is 0.287. The van der Waals surface area contributed by atoms with Crippen LogP contribution in [0.15, 0.2) is 0 Å². The van der Waals surface area contributed by atoms with Crippen molar-refractivity contribution < 1.29 is 14.6 Å². The molecular weight excluding hydrogens is 170 g/mol. The van der Waals surface area contributed by atoms with E-state index in [1.54, 1.807) is 14.0 Å². The smallest absolute Gasteiger partial charge is 0.412 e. The van der Waals surface area contributed by atoms with Crippen LogP contribution in [0.5, 0.6) is 0 Å². The Morgan fingerprint density at radius 2 is 2.00 bits per heavy atom. The molecule has 0 spiro atoms. The standard InChI is InChI=1S/C9H19NO3/c1-6-7(11)13-8(12)10(5)9(2,3)4/h7,11H,6H2,1-5H3. The van der Waals surface area contributed by atoms with Crippen LogP contribution in [-0.2, 0) is 4.74 Å². The van der Waals surface area contributed by atoms with Crippen LogP contribution < -0.4 is 0 Å². The molecule has 0 saturated heterocycles. The van der Waals surface area contributed by atoms with Gasteiger partial charge in [0.05, 0.1) is 0 Å². The summed E-state index contributed by atoms with van der Waals surface area (Å²) in [5.74, 6) is 0. The maximum atomic E-state index is 11.3. The van der Waals surface area contributed by atoms with E-state index < -0.39 is 12.4 Å². The fourth-order valence-electron chi connectivity index (χ4n) is 0.553. The number of nitrogens with zero attached hydrogens (tertiary/aromatic N) is 1. The molecule has 0 rings (SSSR count). The van der Waals surface area contributed by atoms with Gasteiger partial charge >= 0.3 is 6.09 Å². The van der Waals surface area contributed by atoms with Crippen molar-refractivity contribution in [2.24, 2.45) is 0 Å². The first-order chi connectivity index (χ1) is 5.79. The molecule has 0 heterocycles. The monoisotopic (exact) mass is 189 g/mol. The van der Waals surface area contributed by atoms with E-state index in [0.717, 1.165) is 0 Å². The zero-order valence-corrected chi connectivity index (χ0v) is 9.00. The molecule has 0 aliphatic heterocycles. The van der Waals surface area contributed by atoms with E-state index in [2.05, 4.69) is 0 Å². The van der Waals surface area contributed by atoms with Gasteiger partial charge in [-0.1, -0.05) is 6.92 Å². The molecule has 0 aromatic rings. The number of rotatable bonds is 2. The van der Waals surface area contributed by atoms with Gasteiger partial charge in [-0.3, -0.25) is 0 Å². The van der Waals surface area contributed by atoms with Crippen LogP contribution >= 0.6 is 0 Å². The summed E-state index contributed by atoms with van der Waals surface area (Å²) in [5, 5.41) is 9.07. The van der Waals surface area contributed by atoms with Crippen molar-refractivity contribution in [1.82, 2.24) is 4.90 Å². The highest BCUT2D eigenvalue weighted by atomic mass is 16.6. The molecule has 0 radical (unpaired) electrons.